The Morgan fingerprint density at radius 3 is 2.75 bits per heavy atom. The quantitative estimate of drug-likeness (QED) is 0.395. The molecule has 2 aromatic heterocycles. The van der Waals surface area contributed by atoms with E-state index >= 15 is 0 Å². The van der Waals surface area contributed by atoms with Crippen LogP contribution < -0.4 is 16.2 Å². The minimum atomic E-state index is -1.39. The highest BCUT2D eigenvalue weighted by Gasteiger charge is 2.46. The lowest BCUT2D eigenvalue weighted by Crippen LogP contribution is -2.36. The van der Waals surface area contributed by atoms with Crippen LogP contribution in [-0.2, 0) is 24.1 Å². The second-order valence-electron chi connectivity index (χ2n) is 10.2. The highest BCUT2D eigenvalue weighted by molar-refractivity contribution is 5.77. The molecule has 0 saturated heterocycles. The summed E-state index contributed by atoms with van der Waals surface area (Å²) < 4.78 is 17.7. The van der Waals surface area contributed by atoms with Crippen molar-refractivity contribution < 1.29 is 9.50 Å². The van der Waals surface area contributed by atoms with Crippen LogP contribution in [0.5, 0.6) is 0 Å². The standard InChI is InChI=1S/C27H29FN6O2/c1-4-33-24(35)19-15-29-25(31-17-5-7-20-16(13-17)9-12-30-27(20)10-11-27)32-23(19)34(33)18-6-8-22(28)21(14-18)26(2,3)36/h5-8,13-15,30,36H,4,9-12H2,1-3H3,(H,29,31,32). The summed E-state index contributed by atoms with van der Waals surface area (Å²) in [4.78, 5) is 22.2. The minimum absolute atomic E-state index is 0.140. The monoisotopic (exact) mass is 488 g/mol. The third-order valence-electron chi connectivity index (χ3n) is 7.31. The van der Waals surface area contributed by atoms with Crippen molar-refractivity contribution in [1.82, 2.24) is 24.6 Å². The molecular formula is C27H29FN6O2. The van der Waals surface area contributed by atoms with Gasteiger partial charge in [0, 0.05) is 36.1 Å². The molecular weight excluding hydrogens is 459 g/mol. The van der Waals surface area contributed by atoms with E-state index < -0.39 is 11.4 Å². The third-order valence-corrected chi connectivity index (χ3v) is 7.31. The molecule has 0 radical (unpaired) electrons. The number of aromatic nitrogens is 4. The van der Waals surface area contributed by atoms with Crippen molar-refractivity contribution in [2.24, 2.45) is 0 Å². The van der Waals surface area contributed by atoms with Gasteiger partial charge in [-0.2, -0.15) is 4.98 Å². The van der Waals surface area contributed by atoms with E-state index in [2.05, 4.69) is 27.8 Å². The van der Waals surface area contributed by atoms with Gasteiger partial charge in [0.2, 0.25) is 5.95 Å². The molecule has 6 rings (SSSR count). The molecule has 1 fully saturated rings. The molecule has 8 nitrogen and oxygen atoms in total. The maximum Gasteiger partial charge on any atom is 0.278 e. The highest BCUT2D eigenvalue weighted by Crippen LogP contribution is 2.48. The van der Waals surface area contributed by atoms with Gasteiger partial charge < -0.3 is 15.7 Å². The summed E-state index contributed by atoms with van der Waals surface area (Å²) in [5.41, 5.74) is 3.22. The minimum Gasteiger partial charge on any atom is -0.386 e. The van der Waals surface area contributed by atoms with E-state index in [9.17, 15) is 14.3 Å². The number of fused-ring (bicyclic) bond motifs is 3. The maximum atomic E-state index is 14.5. The van der Waals surface area contributed by atoms with Crippen LogP contribution in [0.15, 0.2) is 47.4 Å². The van der Waals surface area contributed by atoms with Crippen LogP contribution >= 0.6 is 0 Å². The Labute approximate surface area is 207 Å². The molecule has 1 aliphatic heterocycles. The predicted molar refractivity (Wildman–Crippen MR) is 136 cm³/mol. The first-order valence-corrected chi connectivity index (χ1v) is 12.4. The van der Waals surface area contributed by atoms with Gasteiger partial charge in [0.15, 0.2) is 5.65 Å². The van der Waals surface area contributed by atoms with Crippen LogP contribution in [-0.4, -0.2) is 31.0 Å². The van der Waals surface area contributed by atoms with E-state index in [1.54, 1.807) is 16.8 Å². The van der Waals surface area contributed by atoms with Crippen LogP contribution in [0.2, 0.25) is 0 Å². The third kappa shape index (κ3) is 3.61. The van der Waals surface area contributed by atoms with Crippen molar-refractivity contribution in [2.45, 2.75) is 57.7 Å². The summed E-state index contributed by atoms with van der Waals surface area (Å²) in [5.74, 6) is -0.148. The summed E-state index contributed by atoms with van der Waals surface area (Å²) in [6, 6.07) is 10.8. The van der Waals surface area contributed by atoms with Gasteiger partial charge in [0.05, 0.1) is 11.3 Å². The van der Waals surface area contributed by atoms with Gasteiger partial charge in [0.25, 0.3) is 5.56 Å². The number of nitrogens with one attached hydrogen (secondary N) is 2. The Balaban J connectivity index is 1.43. The van der Waals surface area contributed by atoms with Crippen molar-refractivity contribution in [3.63, 3.8) is 0 Å². The summed E-state index contributed by atoms with van der Waals surface area (Å²) >= 11 is 0. The number of hydrogen-bond acceptors (Lipinski definition) is 6. The molecule has 3 N–H and O–H groups in total. The highest BCUT2D eigenvalue weighted by atomic mass is 19.1. The van der Waals surface area contributed by atoms with Crippen molar-refractivity contribution >= 4 is 22.7 Å². The van der Waals surface area contributed by atoms with Gasteiger partial charge in [-0.05, 0) is 81.5 Å². The molecule has 186 valence electrons. The Bertz CT molecular complexity index is 1560. The molecule has 36 heavy (non-hydrogen) atoms. The normalized spacial score (nSPS) is 16.4. The zero-order valence-corrected chi connectivity index (χ0v) is 20.6. The van der Waals surface area contributed by atoms with Crippen molar-refractivity contribution in [1.29, 1.82) is 0 Å². The molecule has 2 aromatic carbocycles. The van der Waals surface area contributed by atoms with Crippen LogP contribution in [0.3, 0.4) is 0 Å². The van der Waals surface area contributed by atoms with E-state index in [0.717, 1.165) is 18.7 Å². The fourth-order valence-corrected chi connectivity index (χ4v) is 5.33. The summed E-state index contributed by atoms with van der Waals surface area (Å²) in [6.07, 6.45) is 4.85. The smallest absolute Gasteiger partial charge is 0.278 e. The fourth-order valence-electron chi connectivity index (χ4n) is 5.33. The number of nitrogens with zero attached hydrogens (tertiary/aromatic N) is 4. The first kappa shape index (κ1) is 22.9. The second-order valence-corrected chi connectivity index (χ2v) is 10.2. The Kier molecular flexibility index (Phi) is 5.07. The number of rotatable bonds is 5. The van der Waals surface area contributed by atoms with Crippen molar-refractivity contribution in [3.8, 4) is 5.69 Å². The van der Waals surface area contributed by atoms with Gasteiger partial charge in [-0.15, -0.1) is 0 Å². The summed E-state index contributed by atoms with van der Waals surface area (Å²) in [7, 11) is 0. The molecule has 0 amide bonds. The molecule has 0 unspecified atom stereocenters. The van der Waals surface area contributed by atoms with E-state index in [0.29, 0.717) is 29.2 Å². The predicted octanol–water partition coefficient (Wildman–Crippen LogP) is 3.85. The number of hydrogen-bond donors (Lipinski definition) is 3. The van der Waals surface area contributed by atoms with E-state index in [-0.39, 0.29) is 16.7 Å². The van der Waals surface area contributed by atoms with Gasteiger partial charge in [-0.25, -0.2) is 18.7 Å². The second kappa shape index (κ2) is 7.97. The Morgan fingerprint density at radius 2 is 2.03 bits per heavy atom. The number of anilines is 2. The number of benzene rings is 2. The molecule has 9 heteroatoms. The van der Waals surface area contributed by atoms with Gasteiger partial charge in [-0.3, -0.25) is 4.79 Å². The first-order valence-electron chi connectivity index (χ1n) is 12.4. The van der Waals surface area contributed by atoms with Crippen molar-refractivity contribution in [2.75, 3.05) is 11.9 Å². The van der Waals surface area contributed by atoms with Crippen LogP contribution in [0.4, 0.5) is 16.0 Å². The fraction of sp³-hybridized carbons (Fsp3) is 0.370. The van der Waals surface area contributed by atoms with Crippen LogP contribution in [0.1, 0.15) is 50.3 Å². The molecule has 0 atom stereocenters. The SMILES string of the molecule is CCn1c(=O)c2cnc(Nc3ccc4c(c3)CCNC43CC3)nc2n1-c1ccc(F)c(C(C)(C)O)c1. The Morgan fingerprint density at radius 1 is 1.22 bits per heavy atom. The zero-order chi connectivity index (χ0) is 25.2. The Hall–Kier alpha value is -3.56. The summed E-state index contributed by atoms with van der Waals surface area (Å²) in [6.45, 7) is 6.27. The zero-order valence-electron chi connectivity index (χ0n) is 20.6. The lowest BCUT2D eigenvalue weighted by molar-refractivity contribution is 0.0745. The molecule has 4 aromatic rings. The molecule has 1 spiro atoms. The number of halogens is 1. The molecule has 1 saturated carbocycles. The van der Waals surface area contributed by atoms with E-state index in [1.165, 1.54) is 54.8 Å². The average molecular weight is 489 g/mol. The lowest BCUT2D eigenvalue weighted by Gasteiger charge is -2.27. The topological polar surface area (TPSA) is 97.0 Å². The number of aliphatic hydroxyl groups is 1. The summed E-state index contributed by atoms with van der Waals surface area (Å²) in [5, 5.41) is 17.8. The average Bonchev–Trinajstić information content (AvgIpc) is 3.55. The molecule has 2 aliphatic rings. The molecule has 3 heterocycles. The van der Waals surface area contributed by atoms with E-state index in [1.807, 2.05) is 13.0 Å². The lowest BCUT2D eigenvalue weighted by atomic mass is 9.92. The van der Waals surface area contributed by atoms with E-state index in [4.69, 9.17) is 4.98 Å². The largest absolute Gasteiger partial charge is 0.386 e. The van der Waals surface area contributed by atoms with Gasteiger partial charge in [0.1, 0.15) is 11.2 Å². The molecule has 1 aliphatic carbocycles. The van der Waals surface area contributed by atoms with Crippen molar-refractivity contribution in [3.05, 3.63) is 75.5 Å². The van der Waals surface area contributed by atoms with Gasteiger partial charge in [-0.1, -0.05) is 6.07 Å². The first-order chi connectivity index (χ1) is 17.2. The maximum absolute atomic E-state index is 14.5. The van der Waals surface area contributed by atoms with Crippen LogP contribution in [0, 0.1) is 5.82 Å². The molecule has 0 bridgehead atoms. The van der Waals surface area contributed by atoms with Crippen LogP contribution in [0.25, 0.3) is 16.7 Å². The van der Waals surface area contributed by atoms with Gasteiger partial charge >= 0.3 is 0 Å².